The number of hydrogen-bond acceptors (Lipinski definition) is 6. The van der Waals surface area contributed by atoms with E-state index in [1.54, 1.807) is 28.4 Å². The number of methoxy groups -OCH3 is 4. The Kier molecular flexibility index (Phi) is 7.23. The number of aryl methyl sites for hydroxylation is 1. The molecule has 1 aliphatic rings. The Hall–Kier alpha value is -2.44. The molecule has 2 aromatic carbocycles. The second-order valence-corrected chi connectivity index (χ2v) is 7.36. The second-order valence-electron chi connectivity index (χ2n) is 7.36. The Balaban J connectivity index is 1.63. The van der Waals surface area contributed by atoms with Gasteiger partial charge in [0.2, 0.25) is 5.75 Å². The summed E-state index contributed by atoms with van der Waals surface area (Å²) in [6.45, 7) is 7.91. The van der Waals surface area contributed by atoms with Crippen molar-refractivity contribution in [1.29, 1.82) is 0 Å². The smallest absolute Gasteiger partial charge is 0.203 e. The van der Waals surface area contributed by atoms with E-state index in [4.69, 9.17) is 18.9 Å². The molecule has 1 heterocycles. The van der Waals surface area contributed by atoms with Gasteiger partial charge in [-0.05, 0) is 19.1 Å². The third kappa shape index (κ3) is 4.95. The third-order valence-electron chi connectivity index (χ3n) is 5.47. The van der Waals surface area contributed by atoms with Gasteiger partial charge in [0.25, 0.3) is 0 Å². The molecule has 6 heteroatoms. The lowest BCUT2D eigenvalue weighted by Crippen LogP contribution is -2.45. The number of hydrogen-bond donors (Lipinski definition) is 0. The van der Waals surface area contributed by atoms with E-state index in [2.05, 4.69) is 41.0 Å². The normalized spacial score (nSPS) is 15.2. The summed E-state index contributed by atoms with van der Waals surface area (Å²) in [5.74, 6) is 3.05. The highest BCUT2D eigenvalue weighted by atomic mass is 16.5. The second kappa shape index (κ2) is 9.85. The van der Waals surface area contributed by atoms with Crippen LogP contribution in [0.15, 0.2) is 30.3 Å². The van der Waals surface area contributed by atoms with Crippen molar-refractivity contribution in [3.8, 4) is 23.0 Å². The van der Waals surface area contributed by atoms with Gasteiger partial charge in [-0.1, -0.05) is 23.8 Å². The maximum absolute atomic E-state index is 5.63. The van der Waals surface area contributed by atoms with Gasteiger partial charge in [-0.25, -0.2) is 0 Å². The molecule has 1 aliphatic heterocycles. The minimum Gasteiger partial charge on any atom is -0.496 e. The fourth-order valence-corrected chi connectivity index (χ4v) is 3.91. The third-order valence-corrected chi connectivity index (χ3v) is 5.47. The Morgan fingerprint density at radius 3 is 1.76 bits per heavy atom. The van der Waals surface area contributed by atoms with Gasteiger partial charge >= 0.3 is 0 Å². The molecule has 0 amide bonds. The van der Waals surface area contributed by atoms with Gasteiger partial charge in [0.1, 0.15) is 5.75 Å². The monoisotopic (exact) mass is 400 g/mol. The van der Waals surface area contributed by atoms with Crippen LogP contribution in [0.4, 0.5) is 0 Å². The van der Waals surface area contributed by atoms with Crippen LogP contribution in [-0.2, 0) is 13.1 Å². The fraction of sp³-hybridized carbons (Fsp3) is 0.478. The van der Waals surface area contributed by atoms with Crippen molar-refractivity contribution in [3.05, 3.63) is 47.0 Å². The molecule has 3 rings (SSSR count). The summed E-state index contributed by atoms with van der Waals surface area (Å²) in [6.07, 6.45) is 0. The summed E-state index contributed by atoms with van der Waals surface area (Å²) >= 11 is 0. The van der Waals surface area contributed by atoms with E-state index in [0.717, 1.165) is 56.3 Å². The molecular weight excluding hydrogens is 368 g/mol. The molecule has 0 bridgehead atoms. The van der Waals surface area contributed by atoms with Crippen LogP contribution >= 0.6 is 0 Å². The molecular formula is C23H32N2O4. The zero-order chi connectivity index (χ0) is 20.8. The highest BCUT2D eigenvalue weighted by Crippen LogP contribution is 2.40. The molecule has 0 atom stereocenters. The molecule has 0 radical (unpaired) electrons. The van der Waals surface area contributed by atoms with E-state index < -0.39 is 0 Å². The molecule has 29 heavy (non-hydrogen) atoms. The van der Waals surface area contributed by atoms with E-state index in [1.807, 2.05) is 6.07 Å². The average Bonchev–Trinajstić information content (AvgIpc) is 2.74. The predicted molar refractivity (Wildman–Crippen MR) is 114 cm³/mol. The van der Waals surface area contributed by atoms with Crippen LogP contribution in [0.1, 0.15) is 16.7 Å². The van der Waals surface area contributed by atoms with Crippen LogP contribution in [0.2, 0.25) is 0 Å². The molecule has 1 fully saturated rings. The van der Waals surface area contributed by atoms with Crippen molar-refractivity contribution in [2.45, 2.75) is 20.0 Å². The van der Waals surface area contributed by atoms with Crippen LogP contribution in [0, 0.1) is 6.92 Å². The minimum atomic E-state index is 0.651. The lowest BCUT2D eigenvalue weighted by Gasteiger charge is -2.35. The highest BCUT2D eigenvalue weighted by Gasteiger charge is 2.22. The molecule has 0 spiro atoms. The van der Waals surface area contributed by atoms with Gasteiger partial charge in [-0.3, -0.25) is 9.80 Å². The summed E-state index contributed by atoms with van der Waals surface area (Å²) in [6, 6.07) is 10.4. The van der Waals surface area contributed by atoms with E-state index >= 15 is 0 Å². The highest BCUT2D eigenvalue weighted by molar-refractivity contribution is 5.55. The van der Waals surface area contributed by atoms with E-state index in [-0.39, 0.29) is 0 Å². The predicted octanol–water partition coefficient (Wildman–Crippen LogP) is 3.35. The molecule has 0 aliphatic carbocycles. The summed E-state index contributed by atoms with van der Waals surface area (Å²) in [4.78, 5) is 4.94. The van der Waals surface area contributed by atoms with Crippen molar-refractivity contribution < 1.29 is 18.9 Å². The summed E-state index contributed by atoms with van der Waals surface area (Å²) < 4.78 is 22.1. The molecule has 0 unspecified atom stereocenters. The van der Waals surface area contributed by atoms with Gasteiger partial charge in [-0.2, -0.15) is 0 Å². The Bertz CT molecular complexity index is 817. The number of piperazine rings is 1. The molecule has 158 valence electrons. The van der Waals surface area contributed by atoms with Gasteiger partial charge in [0.15, 0.2) is 11.5 Å². The number of ether oxygens (including phenoxy) is 4. The quantitative estimate of drug-likeness (QED) is 0.677. The molecule has 0 N–H and O–H groups in total. The SMILES string of the molecule is COc1ccc(C)cc1CN1CCN(Cc2ccc(OC)c(OC)c2OC)CC1. The molecule has 0 aromatic heterocycles. The summed E-state index contributed by atoms with van der Waals surface area (Å²) in [5, 5.41) is 0. The first kappa shape index (κ1) is 21.3. The first-order valence-corrected chi connectivity index (χ1v) is 9.95. The van der Waals surface area contributed by atoms with E-state index in [9.17, 15) is 0 Å². The van der Waals surface area contributed by atoms with Gasteiger partial charge in [0, 0.05) is 50.4 Å². The molecule has 6 nitrogen and oxygen atoms in total. The first-order chi connectivity index (χ1) is 14.1. The van der Waals surface area contributed by atoms with Crippen LogP contribution < -0.4 is 18.9 Å². The topological polar surface area (TPSA) is 43.4 Å². The molecule has 2 aromatic rings. The van der Waals surface area contributed by atoms with Crippen LogP contribution in [-0.4, -0.2) is 64.4 Å². The zero-order valence-corrected chi connectivity index (χ0v) is 18.2. The van der Waals surface area contributed by atoms with Gasteiger partial charge in [0.05, 0.1) is 28.4 Å². The largest absolute Gasteiger partial charge is 0.496 e. The Morgan fingerprint density at radius 1 is 0.655 bits per heavy atom. The minimum absolute atomic E-state index is 0.651. The fourth-order valence-electron chi connectivity index (χ4n) is 3.91. The van der Waals surface area contributed by atoms with Gasteiger partial charge < -0.3 is 18.9 Å². The van der Waals surface area contributed by atoms with Crippen molar-refractivity contribution >= 4 is 0 Å². The lowest BCUT2D eigenvalue weighted by atomic mass is 10.1. The maximum atomic E-state index is 5.63. The zero-order valence-electron chi connectivity index (χ0n) is 18.2. The Morgan fingerprint density at radius 2 is 1.21 bits per heavy atom. The van der Waals surface area contributed by atoms with E-state index in [1.165, 1.54) is 11.1 Å². The first-order valence-electron chi connectivity index (χ1n) is 9.95. The van der Waals surface area contributed by atoms with Crippen LogP contribution in [0.5, 0.6) is 23.0 Å². The average molecular weight is 401 g/mol. The maximum Gasteiger partial charge on any atom is 0.203 e. The summed E-state index contributed by atoms with van der Waals surface area (Å²) in [5.41, 5.74) is 3.63. The van der Waals surface area contributed by atoms with Crippen molar-refractivity contribution in [3.63, 3.8) is 0 Å². The number of nitrogens with zero attached hydrogens (tertiary/aromatic N) is 2. The van der Waals surface area contributed by atoms with E-state index in [0.29, 0.717) is 11.5 Å². The molecule has 0 saturated carbocycles. The van der Waals surface area contributed by atoms with Crippen LogP contribution in [0.3, 0.4) is 0 Å². The Labute approximate surface area is 173 Å². The van der Waals surface area contributed by atoms with Crippen LogP contribution in [0.25, 0.3) is 0 Å². The van der Waals surface area contributed by atoms with Crippen molar-refractivity contribution in [1.82, 2.24) is 9.80 Å². The summed E-state index contributed by atoms with van der Waals surface area (Å²) in [7, 11) is 6.69. The molecule has 1 saturated heterocycles. The lowest BCUT2D eigenvalue weighted by molar-refractivity contribution is 0.120. The van der Waals surface area contributed by atoms with Crippen molar-refractivity contribution in [2.75, 3.05) is 54.6 Å². The number of benzene rings is 2. The van der Waals surface area contributed by atoms with Crippen molar-refractivity contribution in [2.24, 2.45) is 0 Å². The van der Waals surface area contributed by atoms with Gasteiger partial charge in [-0.15, -0.1) is 0 Å². The number of rotatable bonds is 8. The standard InChI is InChI=1S/C23H32N2O4/c1-17-6-8-20(26-2)19(14-17)16-25-12-10-24(11-13-25)15-18-7-9-21(27-3)23(29-5)22(18)28-4/h6-9,14H,10-13,15-16H2,1-5H3.